The van der Waals surface area contributed by atoms with Crippen LogP contribution in [0.3, 0.4) is 0 Å². The molecule has 0 atom stereocenters. The SMILES string of the molecule is C\C=C(Br)/C(F)=C(\C=C\CC)[N+](=O)[O-]. The largest absolute Gasteiger partial charge is 0.305 e. The zero-order valence-corrected chi connectivity index (χ0v) is 9.54. The van der Waals surface area contributed by atoms with E-state index in [9.17, 15) is 14.5 Å². The minimum absolute atomic E-state index is 0.0879. The molecule has 0 N–H and O–H groups in total. The molecule has 0 bridgehead atoms. The molecule has 0 aliphatic rings. The van der Waals surface area contributed by atoms with Crippen LogP contribution in [0.1, 0.15) is 20.3 Å². The Bertz CT molecular complexity index is 308. The van der Waals surface area contributed by atoms with E-state index in [-0.39, 0.29) is 4.48 Å². The fourth-order valence-electron chi connectivity index (χ4n) is 0.693. The van der Waals surface area contributed by atoms with Crippen LogP contribution >= 0.6 is 15.9 Å². The molecule has 78 valence electrons. The highest BCUT2D eigenvalue weighted by atomic mass is 79.9. The maximum atomic E-state index is 13.3. The molecule has 0 aliphatic heterocycles. The third-order valence-electron chi connectivity index (χ3n) is 1.40. The smallest absolute Gasteiger partial charge is 0.258 e. The van der Waals surface area contributed by atoms with Gasteiger partial charge in [0, 0.05) is 6.08 Å². The van der Waals surface area contributed by atoms with Gasteiger partial charge in [0.2, 0.25) is 5.83 Å². The molecule has 0 saturated carbocycles. The van der Waals surface area contributed by atoms with E-state index in [1.165, 1.54) is 18.2 Å². The standard InChI is InChI=1S/C9H11BrFNO2/c1-3-5-6-8(12(13)14)9(11)7(10)4-2/h4-6H,3H2,1-2H3/b6-5+,7-4+,9-8-. The van der Waals surface area contributed by atoms with Crippen molar-refractivity contribution in [3.8, 4) is 0 Å². The zero-order chi connectivity index (χ0) is 11.1. The average molecular weight is 264 g/mol. The first-order chi connectivity index (χ1) is 6.54. The van der Waals surface area contributed by atoms with Gasteiger partial charge in [-0.3, -0.25) is 10.1 Å². The molecule has 0 aliphatic carbocycles. The summed E-state index contributed by atoms with van der Waals surface area (Å²) in [6.45, 7) is 3.40. The summed E-state index contributed by atoms with van der Waals surface area (Å²) in [5, 5.41) is 10.5. The van der Waals surface area contributed by atoms with Gasteiger partial charge in [0.15, 0.2) is 0 Å². The van der Waals surface area contributed by atoms with Gasteiger partial charge in [0.1, 0.15) is 0 Å². The molecule has 0 amide bonds. The van der Waals surface area contributed by atoms with Crippen molar-refractivity contribution in [2.45, 2.75) is 20.3 Å². The highest BCUT2D eigenvalue weighted by Crippen LogP contribution is 2.23. The van der Waals surface area contributed by atoms with Crippen LogP contribution in [0.2, 0.25) is 0 Å². The number of allylic oxidation sites excluding steroid dienone is 5. The maximum Gasteiger partial charge on any atom is 0.305 e. The minimum Gasteiger partial charge on any atom is -0.258 e. The molecule has 0 aromatic rings. The van der Waals surface area contributed by atoms with Crippen molar-refractivity contribution < 1.29 is 9.31 Å². The molecule has 0 aromatic carbocycles. The third-order valence-corrected chi connectivity index (χ3v) is 2.20. The fraction of sp³-hybridized carbons (Fsp3) is 0.333. The molecule has 0 aromatic heterocycles. The fourth-order valence-corrected chi connectivity index (χ4v) is 0.896. The van der Waals surface area contributed by atoms with Crippen molar-refractivity contribution in [3.63, 3.8) is 0 Å². The highest BCUT2D eigenvalue weighted by Gasteiger charge is 2.17. The molecule has 0 rings (SSSR count). The first kappa shape index (κ1) is 13.0. The summed E-state index contributed by atoms with van der Waals surface area (Å²) >= 11 is 2.89. The number of nitrogens with zero attached hydrogens (tertiary/aromatic N) is 1. The topological polar surface area (TPSA) is 43.1 Å². The molecule has 3 nitrogen and oxygen atoms in total. The van der Waals surface area contributed by atoms with E-state index in [4.69, 9.17) is 0 Å². The predicted octanol–water partition coefficient (Wildman–Crippen LogP) is 3.71. The van der Waals surface area contributed by atoms with Gasteiger partial charge in [-0.1, -0.05) is 19.1 Å². The zero-order valence-electron chi connectivity index (χ0n) is 7.96. The lowest BCUT2D eigenvalue weighted by molar-refractivity contribution is -0.421. The van der Waals surface area contributed by atoms with Crippen molar-refractivity contribution in [1.29, 1.82) is 0 Å². The van der Waals surface area contributed by atoms with Gasteiger partial charge in [0.25, 0.3) is 0 Å². The van der Waals surface area contributed by atoms with E-state index >= 15 is 0 Å². The van der Waals surface area contributed by atoms with Crippen molar-refractivity contribution in [1.82, 2.24) is 0 Å². The number of hydrogen-bond acceptors (Lipinski definition) is 2. The monoisotopic (exact) mass is 263 g/mol. The van der Waals surface area contributed by atoms with Crippen LogP contribution in [0.4, 0.5) is 4.39 Å². The molecule has 5 heteroatoms. The van der Waals surface area contributed by atoms with Crippen molar-refractivity contribution in [3.05, 3.63) is 44.3 Å². The first-order valence-corrected chi connectivity index (χ1v) is 4.86. The molecule has 0 fully saturated rings. The summed E-state index contributed by atoms with van der Waals surface area (Å²) in [6, 6.07) is 0. The third kappa shape index (κ3) is 3.83. The van der Waals surface area contributed by atoms with Crippen LogP contribution < -0.4 is 0 Å². The summed E-state index contributed by atoms with van der Waals surface area (Å²) in [5.74, 6) is -0.859. The van der Waals surface area contributed by atoms with Crippen LogP contribution in [-0.4, -0.2) is 4.92 Å². The minimum atomic E-state index is -0.859. The quantitative estimate of drug-likeness (QED) is 0.441. The Morgan fingerprint density at radius 3 is 2.57 bits per heavy atom. The van der Waals surface area contributed by atoms with E-state index in [0.717, 1.165) is 0 Å². The molecule has 14 heavy (non-hydrogen) atoms. The van der Waals surface area contributed by atoms with Crippen molar-refractivity contribution in [2.24, 2.45) is 0 Å². The lowest BCUT2D eigenvalue weighted by Crippen LogP contribution is -1.98. The van der Waals surface area contributed by atoms with Crippen molar-refractivity contribution >= 4 is 15.9 Å². The Balaban J connectivity index is 5.16. The Labute approximate surface area is 90.3 Å². The molecule has 0 saturated heterocycles. The lowest BCUT2D eigenvalue weighted by Gasteiger charge is -1.95. The molecule has 0 radical (unpaired) electrons. The Morgan fingerprint density at radius 2 is 2.21 bits per heavy atom. The summed E-state index contributed by atoms with van der Waals surface area (Å²) in [7, 11) is 0. The second-order valence-corrected chi connectivity index (χ2v) is 3.26. The Kier molecular flexibility index (Phi) is 6.03. The van der Waals surface area contributed by atoms with E-state index < -0.39 is 16.4 Å². The van der Waals surface area contributed by atoms with E-state index in [2.05, 4.69) is 15.9 Å². The molecule has 0 heterocycles. The Morgan fingerprint density at radius 1 is 1.64 bits per heavy atom. The molecule has 0 spiro atoms. The summed E-state index contributed by atoms with van der Waals surface area (Å²) in [6.07, 6.45) is 4.74. The lowest BCUT2D eigenvalue weighted by atomic mass is 10.3. The second-order valence-electron chi connectivity index (χ2n) is 2.40. The predicted molar refractivity (Wildman–Crippen MR) is 57.2 cm³/mol. The molecular weight excluding hydrogens is 253 g/mol. The first-order valence-electron chi connectivity index (χ1n) is 4.07. The van der Waals surface area contributed by atoms with Gasteiger partial charge in [-0.25, -0.2) is 0 Å². The van der Waals surface area contributed by atoms with Crippen LogP contribution in [0, 0.1) is 10.1 Å². The van der Waals surface area contributed by atoms with Gasteiger partial charge >= 0.3 is 5.70 Å². The maximum absolute atomic E-state index is 13.3. The highest BCUT2D eigenvalue weighted by molar-refractivity contribution is 9.11. The van der Waals surface area contributed by atoms with Crippen LogP contribution in [-0.2, 0) is 0 Å². The number of rotatable bonds is 4. The number of halogens is 2. The summed E-state index contributed by atoms with van der Waals surface area (Å²) in [5.41, 5.74) is -0.531. The van der Waals surface area contributed by atoms with E-state index in [0.29, 0.717) is 6.42 Å². The van der Waals surface area contributed by atoms with Gasteiger partial charge in [0.05, 0.1) is 9.41 Å². The Hall–Kier alpha value is -0.970. The van der Waals surface area contributed by atoms with Gasteiger partial charge in [-0.2, -0.15) is 4.39 Å². The van der Waals surface area contributed by atoms with Crippen LogP contribution in [0.15, 0.2) is 34.2 Å². The molecule has 0 unspecified atom stereocenters. The second kappa shape index (κ2) is 6.48. The number of nitro groups is 1. The normalized spacial score (nSPS) is 14.4. The summed E-state index contributed by atoms with van der Waals surface area (Å²) < 4.78 is 13.4. The van der Waals surface area contributed by atoms with E-state index in [1.54, 1.807) is 6.92 Å². The van der Waals surface area contributed by atoms with Gasteiger partial charge in [-0.05, 0) is 29.3 Å². The summed E-state index contributed by atoms with van der Waals surface area (Å²) in [4.78, 5) is 9.73. The van der Waals surface area contributed by atoms with Crippen LogP contribution in [0.25, 0.3) is 0 Å². The van der Waals surface area contributed by atoms with Crippen LogP contribution in [0.5, 0.6) is 0 Å². The number of hydrogen-bond donors (Lipinski definition) is 0. The molecular formula is C9H11BrFNO2. The van der Waals surface area contributed by atoms with Crippen molar-refractivity contribution in [2.75, 3.05) is 0 Å². The van der Waals surface area contributed by atoms with Gasteiger partial charge in [-0.15, -0.1) is 0 Å². The van der Waals surface area contributed by atoms with E-state index in [1.807, 2.05) is 6.92 Å². The average Bonchev–Trinajstić information content (AvgIpc) is 2.16. The van der Waals surface area contributed by atoms with Gasteiger partial charge < -0.3 is 0 Å².